The van der Waals surface area contributed by atoms with E-state index >= 15 is 0 Å². The molecular weight excluding hydrogens is 304 g/mol. The van der Waals surface area contributed by atoms with Gasteiger partial charge in [-0.1, -0.05) is 38.5 Å². The van der Waals surface area contributed by atoms with E-state index < -0.39 is 0 Å². The third-order valence-electron chi connectivity index (χ3n) is 4.99. The molecule has 0 spiro atoms. The Morgan fingerprint density at radius 2 is 1.87 bits per heavy atom. The predicted octanol–water partition coefficient (Wildman–Crippen LogP) is 4.57. The molecule has 23 heavy (non-hydrogen) atoms. The smallest absolute Gasteiger partial charge is 0.150 e. The van der Waals surface area contributed by atoms with Gasteiger partial charge < -0.3 is 0 Å². The van der Waals surface area contributed by atoms with Gasteiger partial charge >= 0.3 is 0 Å². The molecule has 3 heterocycles. The Kier molecular flexibility index (Phi) is 3.89. The summed E-state index contributed by atoms with van der Waals surface area (Å²) in [5, 5.41) is 5.47. The molecule has 0 amide bonds. The third kappa shape index (κ3) is 2.78. The fourth-order valence-electron chi connectivity index (χ4n) is 3.73. The molecule has 0 atom stereocenters. The number of hydrogen-bond acceptors (Lipinski definition) is 3. The van der Waals surface area contributed by atoms with Gasteiger partial charge in [-0.15, -0.1) is 0 Å². The maximum atomic E-state index is 4.70. The van der Waals surface area contributed by atoms with Crippen molar-refractivity contribution >= 4 is 23.8 Å². The van der Waals surface area contributed by atoms with E-state index in [2.05, 4.69) is 30.2 Å². The molecule has 1 aliphatic carbocycles. The van der Waals surface area contributed by atoms with Crippen molar-refractivity contribution in [1.82, 2.24) is 18.7 Å². The molecular formula is C18H22N4S. The molecule has 0 bridgehead atoms. The Morgan fingerprint density at radius 3 is 2.57 bits per heavy atom. The van der Waals surface area contributed by atoms with Crippen molar-refractivity contribution in [3.05, 3.63) is 36.4 Å². The van der Waals surface area contributed by atoms with Crippen LogP contribution in [-0.2, 0) is 7.05 Å². The summed E-state index contributed by atoms with van der Waals surface area (Å²) in [4.78, 5) is 4.70. The second-order valence-corrected chi connectivity index (χ2v) is 7.05. The van der Waals surface area contributed by atoms with Gasteiger partial charge in [-0.2, -0.15) is 5.10 Å². The van der Waals surface area contributed by atoms with Crippen molar-refractivity contribution < 1.29 is 0 Å². The van der Waals surface area contributed by atoms with Crippen LogP contribution < -0.4 is 0 Å². The highest BCUT2D eigenvalue weighted by Crippen LogP contribution is 2.35. The quantitative estimate of drug-likeness (QED) is 0.553. The summed E-state index contributed by atoms with van der Waals surface area (Å²) in [6, 6.07) is 2.33. The van der Waals surface area contributed by atoms with Crippen molar-refractivity contribution in [2.75, 3.05) is 0 Å². The molecule has 3 aromatic rings. The molecule has 0 saturated heterocycles. The van der Waals surface area contributed by atoms with E-state index in [1.54, 1.807) is 0 Å². The summed E-state index contributed by atoms with van der Waals surface area (Å²) in [6.07, 6.45) is 16.0. The second-order valence-electron chi connectivity index (χ2n) is 6.62. The summed E-state index contributed by atoms with van der Waals surface area (Å²) in [5.74, 6) is 0.652. The van der Waals surface area contributed by atoms with Gasteiger partial charge in [0.15, 0.2) is 0 Å². The van der Waals surface area contributed by atoms with Crippen LogP contribution >= 0.6 is 12.8 Å². The highest BCUT2D eigenvalue weighted by molar-refractivity contribution is 7.78. The van der Waals surface area contributed by atoms with E-state index in [-0.39, 0.29) is 0 Å². The molecule has 3 aromatic heterocycles. The maximum Gasteiger partial charge on any atom is 0.150 e. The zero-order valence-electron chi connectivity index (χ0n) is 13.4. The van der Waals surface area contributed by atoms with Crippen molar-refractivity contribution in [2.24, 2.45) is 7.05 Å². The topological polar surface area (TPSA) is 35.6 Å². The minimum atomic E-state index is 0.652. The summed E-state index contributed by atoms with van der Waals surface area (Å²) >= 11 is 4.53. The highest BCUT2D eigenvalue weighted by atomic mass is 32.1. The normalized spacial score (nSPS) is 16.8. The largest absolute Gasteiger partial charge is 0.277 e. The molecule has 5 heteroatoms. The molecule has 0 aliphatic heterocycles. The van der Waals surface area contributed by atoms with E-state index in [1.807, 2.05) is 34.3 Å². The second kappa shape index (κ2) is 6.04. The average Bonchev–Trinajstić information content (AvgIpc) is 3.00. The number of thiol groups is 1. The lowest BCUT2D eigenvalue weighted by Gasteiger charge is -2.14. The number of pyridine rings is 1. The van der Waals surface area contributed by atoms with Gasteiger partial charge in [0.05, 0.1) is 6.20 Å². The van der Waals surface area contributed by atoms with Crippen LogP contribution in [0.25, 0.3) is 22.2 Å². The zero-order chi connectivity index (χ0) is 15.8. The monoisotopic (exact) mass is 326 g/mol. The van der Waals surface area contributed by atoms with Crippen molar-refractivity contribution in [3.8, 4) is 11.1 Å². The Hall–Kier alpha value is -1.75. The van der Waals surface area contributed by atoms with Gasteiger partial charge in [0.2, 0.25) is 0 Å². The molecule has 0 aromatic carbocycles. The Bertz CT molecular complexity index is 825. The summed E-state index contributed by atoms with van der Waals surface area (Å²) < 4.78 is 3.65. The van der Waals surface area contributed by atoms with E-state index in [0.29, 0.717) is 5.92 Å². The van der Waals surface area contributed by atoms with Crippen molar-refractivity contribution in [2.45, 2.75) is 44.4 Å². The Morgan fingerprint density at radius 1 is 1.09 bits per heavy atom. The standard InChI is InChI=1S/C18H22N4S/c1-21-11-15(10-20-21)17-12-22(23)18-16(17)8-14(9-19-18)13-6-4-2-3-5-7-13/h8-13,23H,2-7H2,1H3. The van der Waals surface area contributed by atoms with Crippen LogP contribution in [0, 0.1) is 0 Å². The summed E-state index contributed by atoms with van der Waals surface area (Å²) in [5.41, 5.74) is 4.57. The van der Waals surface area contributed by atoms with Gasteiger partial charge in [-0.05, 0) is 30.4 Å². The lowest BCUT2D eigenvalue weighted by molar-refractivity contribution is 0.591. The number of fused-ring (bicyclic) bond motifs is 1. The molecule has 0 unspecified atom stereocenters. The Labute approximate surface area is 142 Å². The average molecular weight is 326 g/mol. The van der Waals surface area contributed by atoms with Crippen molar-refractivity contribution in [1.29, 1.82) is 0 Å². The van der Waals surface area contributed by atoms with Crippen LogP contribution in [-0.4, -0.2) is 18.7 Å². The molecule has 1 aliphatic rings. The molecule has 120 valence electrons. The predicted molar refractivity (Wildman–Crippen MR) is 96.8 cm³/mol. The molecule has 4 nitrogen and oxygen atoms in total. The fourth-order valence-corrected chi connectivity index (χ4v) is 4.01. The fraction of sp³-hybridized carbons (Fsp3) is 0.444. The van der Waals surface area contributed by atoms with E-state index in [9.17, 15) is 0 Å². The minimum Gasteiger partial charge on any atom is -0.277 e. The van der Waals surface area contributed by atoms with Gasteiger partial charge in [-0.25, -0.2) is 4.98 Å². The first kappa shape index (κ1) is 14.8. The van der Waals surface area contributed by atoms with Crippen LogP contribution in [0.5, 0.6) is 0 Å². The van der Waals surface area contributed by atoms with Crippen LogP contribution in [0.3, 0.4) is 0 Å². The van der Waals surface area contributed by atoms with Crippen molar-refractivity contribution in [3.63, 3.8) is 0 Å². The number of aromatic nitrogens is 4. The molecule has 1 saturated carbocycles. The summed E-state index contributed by atoms with van der Waals surface area (Å²) in [6.45, 7) is 0. The van der Waals surface area contributed by atoms with Crippen LogP contribution in [0.2, 0.25) is 0 Å². The van der Waals surface area contributed by atoms with Gasteiger partial charge in [0.1, 0.15) is 5.65 Å². The molecule has 0 N–H and O–H groups in total. The van der Waals surface area contributed by atoms with Gasteiger partial charge in [-0.3, -0.25) is 8.65 Å². The van der Waals surface area contributed by atoms with Crippen LogP contribution in [0.15, 0.2) is 30.9 Å². The van der Waals surface area contributed by atoms with E-state index in [1.165, 1.54) is 49.5 Å². The lowest BCUT2D eigenvalue weighted by Crippen LogP contribution is -1.98. The molecule has 0 radical (unpaired) electrons. The molecule has 4 rings (SSSR count). The summed E-state index contributed by atoms with van der Waals surface area (Å²) in [7, 11) is 1.94. The van der Waals surface area contributed by atoms with E-state index in [4.69, 9.17) is 4.98 Å². The number of aryl methyl sites for hydroxylation is 1. The first-order valence-corrected chi connectivity index (χ1v) is 8.81. The highest BCUT2D eigenvalue weighted by Gasteiger charge is 2.18. The van der Waals surface area contributed by atoms with E-state index in [0.717, 1.165) is 16.8 Å². The number of nitrogens with zero attached hydrogens (tertiary/aromatic N) is 4. The SMILES string of the molecule is Cn1cc(-c2cn(S)c3ncc(C4CCCCCC4)cc23)cn1. The van der Waals surface area contributed by atoms with Gasteiger partial charge in [0.25, 0.3) is 0 Å². The van der Waals surface area contributed by atoms with Crippen LogP contribution in [0.4, 0.5) is 0 Å². The Balaban J connectivity index is 1.80. The molecule has 1 fully saturated rings. The number of hydrogen-bond donors (Lipinski definition) is 1. The minimum absolute atomic E-state index is 0.652. The first-order valence-electron chi connectivity index (χ1n) is 8.41. The maximum absolute atomic E-state index is 4.70. The zero-order valence-corrected chi connectivity index (χ0v) is 14.3. The number of rotatable bonds is 2. The lowest BCUT2D eigenvalue weighted by atomic mass is 9.92. The third-order valence-corrected chi connectivity index (χ3v) is 5.29. The van der Waals surface area contributed by atoms with Crippen LogP contribution in [0.1, 0.15) is 50.0 Å². The first-order chi connectivity index (χ1) is 11.2. The van der Waals surface area contributed by atoms with Gasteiger partial charge in [0, 0.05) is 42.2 Å².